The molecule has 3 heteroatoms. The van der Waals surface area contributed by atoms with Crippen molar-refractivity contribution in [3.63, 3.8) is 0 Å². The Bertz CT molecular complexity index is 3600. The number of benzene rings is 10. The maximum absolute atomic E-state index is 2.50. The number of thiophene rings is 1. The number of aromatic nitrogens is 1. The highest BCUT2D eigenvalue weighted by molar-refractivity contribution is 7.26. The highest BCUT2D eigenvalue weighted by Gasteiger charge is 2.25. The van der Waals surface area contributed by atoms with E-state index < -0.39 is 0 Å². The SMILES string of the molecule is c1ccc(-c2cc(N(c3ccccc3-c3ccc4ccccc4c3)c3cccc4c3c3ccccc3n4-c3ccccc3)ccc2-c2cccc3c2sc2ccccc23)cc1. The second-order valence-electron chi connectivity index (χ2n) is 15.7. The Morgan fingerprint density at radius 3 is 1.90 bits per heavy atom. The van der Waals surface area contributed by atoms with E-state index in [0.717, 1.165) is 33.8 Å². The average molecular weight is 795 g/mol. The van der Waals surface area contributed by atoms with E-state index in [2.05, 4.69) is 240 Å². The zero-order chi connectivity index (χ0) is 40.3. The van der Waals surface area contributed by atoms with E-state index in [1.165, 1.54) is 75.1 Å². The minimum atomic E-state index is 1.09. The van der Waals surface area contributed by atoms with Crippen LogP contribution in [0, 0.1) is 0 Å². The van der Waals surface area contributed by atoms with E-state index in [4.69, 9.17) is 0 Å². The fraction of sp³-hybridized carbons (Fsp3) is 0. The van der Waals surface area contributed by atoms with Gasteiger partial charge in [0.05, 0.1) is 22.4 Å². The van der Waals surface area contributed by atoms with Crippen LogP contribution in [-0.2, 0) is 0 Å². The van der Waals surface area contributed by atoms with E-state index in [1.807, 2.05) is 11.3 Å². The monoisotopic (exact) mass is 794 g/mol. The molecule has 0 saturated carbocycles. The molecule has 0 atom stereocenters. The predicted octanol–water partition coefficient (Wildman–Crippen LogP) is 16.8. The molecule has 2 aromatic heterocycles. The molecule has 2 heterocycles. The van der Waals surface area contributed by atoms with Gasteiger partial charge in [0.25, 0.3) is 0 Å². The molecule has 0 aliphatic heterocycles. The molecule has 61 heavy (non-hydrogen) atoms. The second kappa shape index (κ2) is 14.5. The lowest BCUT2D eigenvalue weighted by Gasteiger charge is -2.30. The highest BCUT2D eigenvalue weighted by Crippen LogP contribution is 2.49. The lowest BCUT2D eigenvalue weighted by molar-refractivity contribution is 1.18. The standard InChI is InChI=1S/C58H38N2S/c1-3-18-40(19-4-1)51-38-44(35-36-46(51)48-26-15-27-49-47-24-11-14-32-56(47)61-58(48)49)60(52-28-12-9-23-45(52)42-34-33-39-17-7-8-20-41(39)37-42)55-31-16-30-54-57(55)50-25-10-13-29-53(50)59(54)43-21-5-2-6-22-43/h1-38H. The van der Waals surface area contributed by atoms with Gasteiger partial charge in [-0.3, -0.25) is 0 Å². The van der Waals surface area contributed by atoms with Crippen LogP contribution in [0.2, 0.25) is 0 Å². The molecule has 0 unspecified atom stereocenters. The molecule has 0 fully saturated rings. The van der Waals surface area contributed by atoms with E-state index in [1.54, 1.807) is 0 Å². The number of nitrogens with zero attached hydrogens (tertiary/aromatic N) is 2. The predicted molar refractivity (Wildman–Crippen MR) is 262 cm³/mol. The van der Waals surface area contributed by atoms with Crippen molar-refractivity contribution in [2.24, 2.45) is 0 Å². The van der Waals surface area contributed by atoms with Crippen LogP contribution in [0.15, 0.2) is 231 Å². The smallest absolute Gasteiger partial charge is 0.0562 e. The highest BCUT2D eigenvalue weighted by atomic mass is 32.1. The van der Waals surface area contributed by atoms with Gasteiger partial charge in [-0.05, 0) is 93.7 Å². The summed E-state index contributed by atoms with van der Waals surface area (Å²) < 4.78 is 5.03. The molecular weight excluding hydrogens is 757 g/mol. The van der Waals surface area contributed by atoms with Crippen LogP contribution in [0.4, 0.5) is 17.1 Å². The minimum Gasteiger partial charge on any atom is -0.309 e. The van der Waals surface area contributed by atoms with Gasteiger partial charge < -0.3 is 9.47 Å². The maximum atomic E-state index is 2.50. The zero-order valence-corrected chi connectivity index (χ0v) is 34.1. The first-order valence-electron chi connectivity index (χ1n) is 20.8. The number of rotatable bonds is 7. The maximum Gasteiger partial charge on any atom is 0.0562 e. The fourth-order valence-corrected chi connectivity index (χ4v) is 10.7. The molecule has 0 aliphatic rings. The van der Waals surface area contributed by atoms with E-state index >= 15 is 0 Å². The van der Waals surface area contributed by atoms with Crippen molar-refractivity contribution < 1.29 is 0 Å². The Hall–Kier alpha value is -7.72. The molecule has 10 aromatic carbocycles. The molecular formula is C58H38N2S. The average Bonchev–Trinajstić information content (AvgIpc) is 3.89. The minimum absolute atomic E-state index is 1.09. The summed E-state index contributed by atoms with van der Waals surface area (Å²) in [4.78, 5) is 2.50. The molecule has 0 saturated heterocycles. The Labute approximate surface area is 358 Å². The van der Waals surface area contributed by atoms with Crippen LogP contribution >= 0.6 is 11.3 Å². The van der Waals surface area contributed by atoms with E-state index in [0.29, 0.717) is 0 Å². The molecule has 12 aromatic rings. The van der Waals surface area contributed by atoms with Crippen molar-refractivity contribution in [2.45, 2.75) is 0 Å². The second-order valence-corrected chi connectivity index (χ2v) is 16.7. The Balaban J connectivity index is 1.16. The number of para-hydroxylation sites is 3. The number of anilines is 3. The van der Waals surface area contributed by atoms with Gasteiger partial charge >= 0.3 is 0 Å². The third-order valence-corrected chi connectivity index (χ3v) is 13.4. The molecule has 0 bridgehead atoms. The van der Waals surface area contributed by atoms with Crippen molar-refractivity contribution >= 4 is 81.1 Å². The first-order chi connectivity index (χ1) is 30.3. The van der Waals surface area contributed by atoms with Gasteiger partial charge in [0.1, 0.15) is 0 Å². The lowest BCUT2D eigenvalue weighted by Crippen LogP contribution is -2.12. The van der Waals surface area contributed by atoms with Crippen LogP contribution in [-0.4, -0.2) is 4.57 Å². The van der Waals surface area contributed by atoms with Crippen LogP contribution in [0.1, 0.15) is 0 Å². The van der Waals surface area contributed by atoms with E-state index in [-0.39, 0.29) is 0 Å². The van der Waals surface area contributed by atoms with Crippen molar-refractivity contribution in [1.82, 2.24) is 4.57 Å². The number of hydrogen-bond acceptors (Lipinski definition) is 2. The molecule has 2 nitrogen and oxygen atoms in total. The summed E-state index contributed by atoms with van der Waals surface area (Å²) in [6.07, 6.45) is 0. The quantitative estimate of drug-likeness (QED) is 0.156. The van der Waals surface area contributed by atoms with Gasteiger partial charge in [-0.1, -0.05) is 170 Å². The molecule has 12 rings (SSSR count). The first kappa shape index (κ1) is 35.2. The summed E-state index contributed by atoms with van der Waals surface area (Å²) in [6, 6.07) is 84.3. The van der Waals surface area contributed by atoms with Crippen LogP contribution in [0.25, 0.3) is 91.8 Å². The number of fused-ring (bicyclic) bond motifs is 7. The van der Waals surface area contributed by atoms with Crippen molar-refractivity contribution in [3.8, 4) is 39.1 Å². The third-order valence-electron chi connectivity index (χ3n) is 12.2. The van der Waals surface area contributed by atoms with Crippen LogP contribution in [0.3, 0.4) is 0 Å². The Morgan fingerprint density at radius 1 is 0.361 bits per heavy atom. The Kier molecular flexibility index (Phi) is 8.39. The summed E-state index contributed by atoms with van der Waals surface area (Å²) in [5, 5.41) is 7.48. The molecule has 286 valence electrons. The van der Waals surface area contributed by atoms with Crippen molar-refractivity contribution in [1.29, 1.82) is 0 Å². The fourth-order valence-electron chi connectivity index (χ4n) is 9.44. The summed E-state index contributed by atoms with van der Waals surface area (Å²) in [5.74, 6) is 0. The Morgan fingerprint density at radius 2 is 1.02 bits per heavy atom. The van der Waals surface area contributed by atoms with Crippen molar-refractivity contribution in [3.05, 3.63) is 231 Å². The van der Waals surface area contributed by atoms with Crippen LogP contribution in [0.5, 0.6) is 0 Å². The molecule has 0 N–H and O–H groups in total. The van der Waals surface area contributed by atoms with Gasteiger partial charge in [0.15, 0.2) is 0 Å². The normalized spacial score (nSPS) is 11.6. The molecule has 0 amide bonds. The van der Waals surface area contributed by atoms with E-state index in [9.17, 15) is 0 Å². The van der Waals surface area contributed by atoms with Gasteiger partial charge in [0, 0.05) is 53.4 Å². The topological polar surface area (TPSA) is 8.17 Å². The number of hydrogen-bond donors (Lipinski definition) is 0. The molecule has 0 aliphatic carbocycles. The van der Waals surface area contributed by atoms with Crippen LogP contribution < -0.4 is 4.90 Å². The van der Waals surface area contributed by atoms with Gasteiger partial charge in [-0.15, -0.1) is 11.3 Å². The van der Waals surface area contributed by atoms with Gasteiger partial charge in [-0.2, -0.15) is 0 Å². The molecule has 0 radical (unpaired) electrons. The summed E-state index contributed by atoms with van der Waals surface area (Å²) in [7, 11) is 0. The molecule has 0 spiro atoms. The summed E-state index contributed by atoms with van der Waals surface area (Å²) in [6.45, 7) is 0. The van der Waals surface area contributed by atoms with Gasteiger partial charge in [0.2, 0.25) is 0 Å². The lowest BCUT2D eigenvalue weighted by atomic mass is 9.92. The first-order valence-corrected chi connectivity index (χ1v) is 21.7. The van der Waals surface area contributed by atoms with Gasteiger partial charge in [-0.25, -0.2) is 0 Å². The third kappa shape index (κ3) is 5.85. The van der Waals surface area contributed by atoms with Crippen molar-refractivity contribution in [2.75, 3.05) is 4.90 Å². The summed E-state index contributed by atoms with van der Waals surface area (Å²) in [5.41, 5.74) is 14.0. The largest absolute Gasteiger partial charge is 0.309 e. The zero-order valence-electron chi connectivity index (χ0n) is 33.2. The summed E-state index contributed by atoms with van der Waals surface area (Å²) >= 11 is 1.88.